The molecule has 0 bridgehead atoms. The van der Waals surface area contributed by atoms with Gasteiger partial charge in [0, 0.05) is 12.1 Å². The average Bonchev–Trinajstić information content (AvgIpc) is 3.24. The molecule has 0 unspecified atom stereocenters. The number of hydrogen-bond acceptors (Lipinski definition) is 3. The molecule has 38 heavy (non-hydrogen) atoms. The SMILES string of the molecule is CC#CC(=O)N1CC[C@@]2(S(=O)(=O)c3ccc(F)cc3)c3ccc(C(F)(C(F)(F)F)C(F)(F)F)cc3CC[C@@H]12. The summed E-state index contributed by atoms with van der Waals surface area (Å²) < 4.78 is 135. The predicted molar refractivity (Wildman–Crippen MR) is 118 cm³/mol. The fourth-order valence-corrected chi connectivity index (χ4v) is 7.84. The van der Waals surface area contributed by atoms with E-state index in [0.29, 0.717) is 6.07 Å². The van der Waals surface area contributed by atoms with Crippen molar-refractivity contribution in [2.75, 3.05) is 6.54 Å². The maximum absolute atomic E-state index is 14.8. The lowest BCUT2D eigenvalue weighted by Crippen LogP contribution is -2.53. The third-order valence-electron chi connectivity index (χ3n) is 7.16. The Morgan fingerprint density at radius 1 is 1.00 bits per heavy atom. The number of alkyl halides is 7. The molecule has 2 aromatic rings. The third-order valence-corrected chi connectivity index (χ3v) is 9.71. The molecule has 0 saturated carbocycles. The normalized spacial score (nSPS) is 21.8. The van der Waals surface area contributed by atoms with Crippen LogP contribution in [0.3, 0.4) is 0 Å². The number of hydrogen-bond donors (Lipinski definition) is 0. The molecule has 0 spiro atoms. The highest BCUT2D eigenvalue weighted by Gasteiger charge is 2.73. The first kappa shape index (κ1) is 27.9. The lowest BCUT2D eigenvalue weighted by Gasteiger charge is -2.42. The van der Waals surface area contributed by atoms with Crippen molar-refractivity contribution in [3.8, 4) is 11.8 Å². The van der Waals surface area contributed by atoms with Crippen LogP contribution in [0.1, 0.15) is 36.5 Å². The fourth-order valence-electron chi connectivity index (χ4n) is 5.48. The Bertz CT molecular complexity index is 1420. The smallest absolute Gasteiger partial charge is 0.327 e. The van der Waals surface area contributed by atoms with E-state index < -0.39 is 55.9 Å². The van der Waals surface area contributed by atoms with Crippen LogP contribution < -0.4 is 0 Å². The summed E-state index contributed by atoms with van der Waals surface area (Å²) in [7, 11) is -4.52. The van der Waals surface area contributed by atoms with E-state index >= 15 is 0 Å². The Morgan fingerprint density at radius 3 is 2.16 bits per heavy atom. The van der Waals surface area contributed by atoms with Gasteiger partial charge in [-0.3, -0.25) is 4.79 Å². The second-order valence-electron chi connectivity index (χ2n) is 9.05. The van der Waals surface area contributed by atoms with E-state index in [9.17, 15) is 48.3 Å². The van der Waals surface area contributed by atoms with Crippen molar-refractivity contribution in [2.24, 2.45) is 0 Å². The van der Waals surface area contributed by atoms with Crippen LogP contribution in [0.4, 0.5) is 35.1 Å². The first-order valence-electron chi connectivity index (χ1n) is 11.2. The summed E-state index contributed by atoms with van der Waals surface area (Å²) in [6.07, 6.45) is -13.3. The summed E-state index contributed by atoms with van der Waals surface area (Å²) >= 11 is 0. The van der Waals surface area contributed by atoms with Crippen LogP contribution >= 0.6 is 0 Å². The van der Waals surface area contributed by atoms with E-state index in [0.717, 1.165) is 30.3 Å². The average molecular weight is 565 g/mol. The molecule has 4 nitrogen and oxygen atoms in total. The van der Waals surface area contributed by atoms with E-state index in [4.69, 9.17) is 0 Å². The van der Waals surface area contributed by atoms with Gasteiger partial charge in [0.05, 0.1) is 10.9 Å². The maximum atomic E-state index is 14.8. The summed E-state index contributed by atoms with van der Waals surface area (Å²) in [4.78, 5) is 13.5. The number of amides is 1. The third kappa shape index (κ3) is 3.87. The van der Waals surface area contributed by atoms with Crippen molar-refractivity contribution in [1.29, 1.82) is 0 Å². The molecular formula is C25H19F8NO3S. The van der Waals surface area contributed by atoms with Gasteiger partial charge in [-0.15, -0.1) is 0 Å². The molecule has 0 radical (unpaired) electrons. The van der Waals surface area contributed by atoms with E-state index in [-0.39, 0.29) is 47.9 Å². The van der Waals surface area contributed by atoms with E-state index in [1.165, 1.54) is 11.8 Å². The van der Waals surface area contributed by atoms with Gasteiger partial charge >= 0.3 is 18.0 Å². The Labute approximate surface area is 212 Å². The standard InChI is InChI=1S/C25H19F8NO3S/c1-2-3-21(35)34-13-12-22(38(36,37)18-8-6-17(26)7-9-18)19-10-5-16(14-15(19)4-11-20(22)34)23(27,24(28,29)30)25(31,32)33/h5-10,14,20H,4,11-13H2,1H3/t20-,22-/m1/s1. The molecule has 2 aliphatic rings. The topological polar surface area (TPSA) is 54.5 Å². The van der Waals surface area contributed by atoms with Crippen LogP contribution in [0.25, 0.3) is 0 Å². The number of fused-ring (bicyclic) bond motifs is 3. The zero-order chi connectivity index (χ0) is 28.3. The van der Waals surface area contributed by atoms with E-state index in [1.807, 2.05) is 0 Å². The molecule has 204 valence electrons. The number of rotatable bonds is 3. The Morgan fingerprint density at radius 2 is 1.61 bits per heavy atom. The molecule has 0 N–H and O–H groups in total. The van der Waals surface area contributed by atoms with Gasteiger partial charge in [0.1, 0.15) is 10.6 Å². The van der Waals surface area contributed by atoms with Gasteiger partial charge < -0.3 is 4.90 Å². The van der Waals surface area contributed by atoms with Crippen LogP contribution in [0.2, 0.25) is 0 Å². The molecule has 2 atom stereocenters. The van der Waals surface area contributed by atoms with Gasteiger partial charge in [-0.05, 0) is 67.5 Å². The maximum Gasteiger partial charge on any atom is 0.435 e. The van der Waals surface area contributed by atoms with Crippen LogP contribution in [0.15, 0.2) is 47.4 Å². The van der Waals surface area contributed by atoms with Crippen LogP contribution in [-0.2, 0) is 31.5 Å². The number of carbonyl (C=O) groups excluding carboxylic acids is 1. The molecule has 1 amide bonds. The zero-order valence-electron chi connectivity index (χ0n) is 19.6. The minimum atomic E-state index is -6.34. The predicted octanol–water partition coefficient (Wildman–Crippen LogP) is 5.35. The number of nitrogens with zero attached hydrogens (tertiary/aromatic N) is 1. The summed E-state index contributed by atoms with van der Waals surface area (Å²) in [6, 6.07) is 4.08. The molecular weight excluding hydrogens is 546 g/mol. The van der Waals surface area contributed by atoms with Crippen molar-refractivity contribution in [3.05, 3.63) is 65.0 Å². The Balaban J connectivity index is 1.97. The van der Waals surface area contributed by atoms with Crippen LogP contribution in [0, 0.1) is 17.7 Å². The van der Waals surface area contributed by atoms with Gasteiger partial charge in [0.2, 0.25) is 0 Å². The van der Waals surface area contributed by atoms with Crippen molar-refractivity contribution >= 4 is 15.7 Å². The Kier molecular flexibility index (Phi) is 6.58. The lowest BCUT2D eigenvalue weighted by atomic mass is 9.76. The molecule has 0 aromatic heterocycles. The fraction of sp³-hybridized carbons (Fsp3) is 0.400. The zero-order valence-corrected chi connectivity index (χ0v) is 20.4. The molecule has 1 saturated heterocycles. The second kappa shape index (κ2) is 8.97. The molecule has 1 fully saturated rings. The van der Waals surface area contributed by atoms with Crippen molar-refractivity contribution in [3.63, 3.8) is 0 Å². The largest absolute Gasteiger partial charge is 0.435 e. The molecule has 4 rings (SSSR count). The van der Waals surface area contributed by atoms with E-state index in [1.54, 1.807) is 0 Å². The van der Waals surface area contributed by atoms with Gasteiger partial charge in [-0.2, -0.15) is 26.3 Å². The minimum absolute atomic E-state index is 0.127. The summed E-state index contributed by atoms with van der Waals surface area (Å²) in [6.45, 7) is 1.26. The van der Waals surface area contributed by atoms with Crippen molar-refractivity contribution in [2.45, 2.75) is 59.9 Å². The highest BCUT2D eigenvalue weighted by atomic mass is 32.2. The van der Waals surface area contributed by atoms with Gasteiger partial charge in [0.25, 0.3) is 5.91 Å². The lowest BCUT2D eigenvalue weighted by molar-refractivity contribution is -0.348. The van der Waals surface area contributed by atoms with Gasteiger partial charge in [-0.25, -0.2) is 17.2 Å². The van der Waals surface area contributed by atoms with Gasteiger partial charge in [-0.1, -0.05) is 24.1 Å². The molecule has 1 aliphatic heterocycles. The highest BCUT2D eigenvalue weighted by Crippen LogP contribution is 2.56. The molecule has 1 aliphatic carbocycles. The summed E-state index contributed by atoms with van der Waals surface area (Å²) in [5, 5.41) is 0. The molecule has 1 heterocycles. The van der Waals surface area contributed by atoms with Crippen LogP contribution in [0.5, 0.6) is 0 Å². The highest BCUT2D eigenvalue weighted by molar-refractivity contribution is 7.92. The quantitative estimate of drug-likeness (QED) is 0.286. The number of carbonyl (C=O) groups is 1. The second-order valence-corrected chi connectivity index (χ2v) is 11.3. The van der Waals surface area contributed by atoms with E-state index in [2.05, 4.69) is 11.8 Å². The molecule has 13 heteroatoms. The monoisotopic (exact) mass is 565 g/mol. The number of sulfone groups is 1. The first-order chi connectivity index (χ1) is 17.5. The number of halogens is 8. The number of likely N-dealkylation sites (tertiary alicyclic amines) is 1. The van der Waals surface area contributed by atoms with Crippen molar-refractivity contribution in [1.82, 2.24) is 4.90 Å². The first-order valence-corrected chi connectivity index (χ1v) is 12.7. The van der Waals surface area contributed by atoms with Gasteiger partial charge in [0.15, 0.2) is 9.84 Å². The summed E-state index contributed by atoms with van der Waals surface area (Å²) in [5.41, 5.74) is -7.79. The van der Waals surface area contributed by atoms with Crippen molar-refractivity contribution < 1.29 is 48.3 Å². The minimum Gasteiger partial charge on any atom is -0.327 e. The number of aryl methyl sites for hydroxylation is 1. The Hall–Kier alpha value is -3.14. The summed E-state index contributed by atoms with van der Waals surface area (Å²) in [5.74, 6) is 3.28. The number of benzene rings is 2. The van der Waals surface area contributed by atoms with Crippen LogP contribution in [-0.4, -0.2) is 44.2 Å². The molecule has 2 aromatic carbocycles.